The van der Waals surface area contributed by atoms with E-state index in [1.165, 1.54) is 24.5 Å². The summed E-state index contributed by atoms with van der Waals surface area (Å²) in [6.45, 7) is -0.0253. The van der Waals surface area contributed by atoms with Crippen molar-refractivity contribution in [1.82, 2.24) is 14.5 Å². The van der Waals surface area contributed by atoms with Crippen LogP contribution >= 0.6 is 23.1 Å². The first-order chi connectivity index (χ1) is 13.8. The highest BCUT2D eigenvalue weighted by Gasteiger charge is 2.30. The molecular formula is C16H15F3N4O4S2. The summed E-state index contributed by atoms with van der Waals surface area (Å²) >= 11 is 2.15. The Morgan fingerprint density at radius 3 is 2.66 bits per heavy atom. The van der Waals surface area contributed by atoms with Gasteiger partial charge in [0.25, 0.3) is 0 Å². The van der Waals surface area contributed by atoms with Gasteiger partial charge in [-0.1, -0.05) is 17.4 Å². The number of alkyl halides is 3. The SMILES string of the molecule is OCc1cnc(Sc2ncc(N(O)O)s2)n1CCOc1cccc(C(F)(F)F)c1. The molecule has 0 atom stereocenters. The van der Waals surface area contributed by atoms with Gasteiger partial charge < -0.3 is 14.4 Å². The highest BCUT2D eigenvalue weighted by Crippen LogP contribution is 2.34. The largest absolute Gasteiger partial charge is 0.492 e. The van der Waals surface area contributed by atoms with Crippen molar-refractivity contribution in [2.45, 2.75) is 28.8 Å². The topological polar surface area (TPSA) is 104 Å². The van der Waals surface area contributed by atoms with E-state index in [0.29, 0.717) is 15.2 Å². The third-order valence-electron chi connectivity index (χ3n) is 3.66. The summed E-state index contributed by atoms with van der Waals surface area (Å²) in [7, 11) is 0. The van der Waals surface area contributed by atoms with Gasteiger partial charge in [-0.15, -0.1) is 5.23 Å². The molecule has 3 N–H and O–H groups in total. The Labute approximate surface area is 170 Å². The first-order valence-corrected chi connectivity index (χ1v) is 9.68. The fourth-order valence-electron chi connectivity index (χ4n) is 2.32. The molecule has 13 heteroatoms. The number of hydrogen-bond donors (Lipinski definition) is 3. The van der Waals surface area contributed by atoms with Crippen molar-refractivity contribution in [1.29, 1.82) is 0 Å². The van der Waals surface area contributed by atoms with Crippen LogP contribution in [0.5, 0.6) is 5.75 Å². The van der Waals surface area contributed by atoms with Gasteiger partial charge in [-0.2, -0.15) is 13.2 Å². The predicted molar refractivity (Wildman–Crippen MR) is 97.4 cm³/mol. The van der Waals surface area contributed by atoms with Gasteiger partial charge in [0, 0.05) is 0 Å². The third kappa shape index (κ3) is 5.39. The van der Waals surface area contributed by atoms with Crippen molar-refractivity contribution in [2.24, 2.45) is 0 Å². The minimum Gasteiger partial charge on any atom is -0.492 e. The normalized spacial score (nSPS) is 11.7. The molecule has 156 valence electrons. The summed E-state index contributed by atoms with van der Waals surface area (Å²) < 4.78 is 45.9. The van der Waals surface area contributed by atoms with E-state index >= 15 is 0 Å². The van der Waals surface area contributed by atoms with Crippen molar-refractivity contribution in [3.8, 4) is 5.75 Å². The van der Waals surface area contributed by atoms with Gasteiger partial charge in [-0.25, -0.2) is 9.97 Å². The lowest BCUT2D eigenvalue weighted by atomic mass is 10.2. The molecule has 0 unspecified atom stereocenters. The van der Waals surface area contributed by atoms with Crippen LogP contribution in [0.15, 0.2) is 46.2 Å². The minimum atomic E-state index is -4.46. The molecular weight excluding hydrogens is 433 g/mol. The molecule has 0 bridgehead atoms. The molecule has 3 rings (SSSR count). The molecule has 0 saturated carbocycles. The maximum absolute atomic E-state index is 12.8. The maximum atomic E-state index is 12.8. The molecule has 0 amide bonds. The Balaban J connectivity index is 1.68. The molecule has 29 heavy (non-hydrogen) atoms. The van der Waals surface area contributed by atoms with Crippen LogP contribution in [-0.4, -0.2) is 36.7 Å². The number of aromatic nitrogens is 3. The number of hydrogen-bond acceptors (Lipinski definition) is 9. The van der Waals surface area contributed by atoms with Gasteiger partial charge in [0.1, 0.15) is 12.4 Å². The molecule has 0 spiro atoms. The molecule has 2 aromatic heterocycles. The van der Waals surface area contributed by atoms with Gasteiger partial charge in [0.05, 0.1) is 36.8 Å². The molecule has 0 aliphatic carbocycles. The van der Waals surface area contributed by atoms with Crippen molar-refractivity contribution in [3.63, 3.8) is 0 Å². The number of aliphatic hydroxyl groups excluding tert-OH is 1. The smallest absolute Gasteiger partial charge is 0.416 e. The number of benzene rings is 1. The highest BCUT2D eigenvalue weighted by molar-refractivity contribution is 8.01. The molecule has 8 nitrogen and oxygen atoms in total. The van der Waals surface area contributed by atoms with E-state index in [4.69, 9.17) is 15.2 Å². The van der Waals surface area contributed by atoms with E-state index in [9.17, 15) is 18.3 Å². The van der Waals surface area contributed by atoms with Gasteiger partial charge >= 0.3 is 6.18 Å². The Morgan fingerprint density at radius 1 is 1.21 bits per heavy atom. The van der Waals surface area contributed by atoms with Gasteiger partial charge in [-0.05, 0) is 30.0 Å². The molecule has 0 saturated heterocycles. The summed E-state index contributed by atoms with van der Waals surface area (Å²) in [4.78, 5) is 8.23. The van der Waals surface area contributed by atoms with E-state index in [2.05, 4.69) is 9.97 Å². The van der Waals surface area contributed by atoms with Crippen LogP contribution in [0, 0.1) is 0 Å². The summed E-state index contributed by atoms with van der Waals surface area (Å²) in [6.07, 6.45) is -1.72. The Morgan fingerprint density at radius 2 is 2.00 bits per heavy atom. The average Bonchev–Trinajstić information content (AvgIpc) is 3.29. The Bertz CT molecular complexity index is 962. The third-order valence-corrected chi connectivity index (χ3v) is 5.70. The van der Waals surface area contributed by atoms with Crippen LogP contribution in [0.4, 0.5) is 18.2 Å². The highest BCUT2D eigenvalue weighted by atomic mass is 32.2. The Kier molecular flexibility index (Phi) is 6.64. The molecule has 0 aliphatic rings. The van der Waals surface area contributed by atoms with E-state index in [-0.39, 0.29) is 35.7 Å². The number of nitrogens with zero attached hydrogens (tertiary/aromatic N) is 4. The fourth-order valence-corrected chi connectivity index (χ4v) is 4.13. The number of aliphatic hydroxyl groups is 1. The summed E-state index contributed by atoms with van der Waals surface area (Å²) in [5, 5.41) is 28.0. The summed E-state index contributed by atoms with van der Waals surface area (Å²) in [5.41, 5.74) is -0.311. The zero-order valence-corrected chi connectivity index (χ0v) is 16.2. The minimum absolute atomic E-state index is 0.0441. The van der Waals surface area contributed by atoms with E-state index in [1.54, 1.807) is 4.57 Å². The zero-order valence-electron chi connectivity index (χ0n) is 14.6. The molecule has 1 aromatic carbocycles. The van der Waals surface area contributed by atoms with Crippen molar-refractivity contribution < 1.29 is 33.4 Å². The lowest BCUT2D eigenvalue weighted by molar-refractivity contribution is -0.137. The van der Waals surface area contributed by atoms with E-state index in [0.717, 1.165) is 35.2 Å². The summed E-state index contributed by atoms with van der Waals surface area (Å²) in [5.74, 6) is 0.0789. The monoisotopic (exact) mass is 448 g/mol. The maximum Gasteiger partial charge on any atom is 0.416 e. The van der Waals surface area contributed by atoms with Crippen LogP contribution in [0.2, 0.25) is 0 Å². The number of anilines is 1. The average molecular weight is 448 g/mol. The number of rotatable bonds is 8. The quantitative estimate of drug-likeness (QED) is 0.449. The lowest BCUT2D eigenvalue weighted by Crippen LogP contribution is -2.12. The van der Waals surface area contributed by atoms with E-state index < -0.39 is 11.7 Å². The van der Waals surface area contributed by atoms with Crippen LogP contribution in [0.3, 0.4) is 0 Å². The van der Waals surface area contributed by atoms with Crippen LogP contribution < -0.4 is 9.96 Å². The van der Waals surface area contributed by atoms with Crippen molar-refractivity contribution in [2.75, 3.05) is 11.8 Å². The van der Waals surface area contributed by atoms with Crippen LogP contribution in [-0.2, 0) is 19.3 Å². The second-order valence-corrected chi connectivity index (χ2v) is 7.80. The molecule has 3 aromatic rings. The lowest BCUT2D eigenvalue weighted by Gasteiger charge is -2.13. The molecule has 0 aliphatic heterocycles. The van der Waals surface area contributed by atoms with Crippen molar-refractivity contribution in [3.05, 3.63) is 47.9 Å². The van der Waals surface area contributed by atoms with E-state index in [1.807, 2.05) is 0 Å². The second-order valence-electron chi connectivity index (χ2n) is 5.57. The molecule has 0 fully saturated rings. The van der Waals surface area contributed by atoms with Gasteiger partial charge in [0.2, 0.25) is 0 Å². The van der Waals surface area contributed by atoms with Crippen molar-refractivity contribution >= 4 is 28.1 Å². The first-order valence-electron chi connectivity index (χ1n) is 8.05. The number of imidazole rings is 1. The summed E-state index contributed by atoms with van der Waals surface area (Å²) in [6, 6.07) is 4.58. The zero-order chi connectivity index (χ0) is 21.0. The number of ether oxygens (including phenoxy) is 1. The van der Waals surface area contributed by atoms with Crippen LogP contribution in [0.25, 0.3) is 0 Å². The van der Waals surface area contributed by atoms with Gasteiger partial charge in [-0.3, -0.25) is 10.4 Å². The predicted octanol–water partition coefficient (Wildman–Crippen LogP) is 3.67. The second kappa shape index (κ2) is 9.00. The van der Waals surface area contributed by atoms with Crippen LogP contribution in [0.1, 0.15) is 11.3 Å². The first kappa shape index (κ1) is 21.4. The molecule has 2 heterocycles. The Hall–Kier alpha value is -2.32. The fraction of sp³-hybridized carbons (Fsp3) is 0.250. The van der Waals surface area contributed by atoms with Gasteiger partial charge in [0.15, 0.2) is 14.5 Å². The number of thiazole rings is 1. The molecule has 0 radical (unpaired) electrons. The standard InChI is InChI=1S/C16H15F3N4O4S2/c17-16(18,19)10-2-1-3-12(6-10)27-5-4-22-11(9-24)7-20-14(22)29-15-21-8-13(28-15)23(25)26/h1-3,6-8,24-26H,4-5,9H2. The number of halogens is 3.